The zero-order chi connectivity index (χ0) is 16.6. The summed E-state index contributed by atoms with van der Waals surface area (Å²) in [5.41, 5.74) is -0.738. The average Bonchev–Trinajstić information content (AvgIpc) is 3.00. The highest BCUT2D eigenvalue weighted by Gasteiger charge is 2.49. The Morgan fingerprint density at radius 3 is 2.39 bits per heavy atom. The number of likely N-dealkylation sites (tertiary alicyclic amines) is 1. The number of aliphatic carboxylic acids is 1. The van der Waals surface area contributed by atoms with Crippen LogP contribution in [-0.2, 0) is 9.59 Å². The van der Waals surface area contributed by atoms with E-state index in [4.69, 9.17) is 0 Å². The van der Waals surface area contributed by atoms with Gasteiger partial charge in [0.05, 0.1) is 5.41 Å². The molecule has 2 aliphatic carbocycles. The molecular weight excluding hydrogens is 290 g/mol. The van der Waals surface area contributed by atoms with Gasteiger partial charge in [-0.15, -0.1) is 0 Å². The van der Waals surface area contributed by atoms with Crippen molar-refractivity contribution in [3.05, 3.63) is 0 Å². The van der Waals surface area contributed by atoms with E-state index >= 15 is 0 Å². The van der Waals surface area contributed by atoms with Crippen molar-refractivity contribution in [2.75, 3.05) is 13.1 Å². The highest BCUT2D eigenvalue weighted by atomic mass is 16.4. The molecule has 3 aliphatic rings. The number of carboxylic acid groups (broad SMARTS) is 1. The third-order valence-electron chi connectivity index (χ3n) is 7.03. The molecule has 1 amide bonds. The second-order valence-corrected chi connectivity index (χ2v) is 8.44. The molecule has 0 aromatic heterocycles. The van der Waals surface area contributed by atoms with Gasteiger partial charge in [0.15, 0.2) is 0 Å². The van der Waals surface area contributed by atoms with Crippen LogP contribution < -0.4 is 0 Å². The van der Waals surface area contributed by atoms with Crippen LogP contribution in [0.2, 0.25) is 0 Å². The number of carbonyl (C=O) groups is 2. The van der Waals surface area contributed by atoms with E-state index in [0.717, 1.165) is 24.7 Å². The minimum absolute atomic E-state index is 0.0619. The van der Waals surface area contributed by atoms with Crippen LogP contribution in [0.15, 0.2) is 0 Å². The Hall–Kier alpha value is -1.06. The lowest BCUT2D eigenvalue weighted by Gasteiger charge is -2.40. The van der Waals surface area contributed by atoms with Crippen molar-refractivity contribution in [1.29, 1.82) is 0 Å². The number of carbonyl (C=O) groups excluding carboxylic acids is 1. The van der Waals surface area contributed by atoms with E-state index in [1.165, 1.54) is 32.1 Å². The van der Waals surface area contributed by atoms with Crippen LogP contribution >= 0.6 is 0 Å². The van der Waals surface area contributed by atoms with Crippen molar-refractivity contribution in [3.8, 4) is 0 Å². The molecule has 4 heteroatoms. The van der Waals surface area contributed by atoms with Gasteiger partial charge in [0, 0.05) is 19.0 Å². The zero-order valence-electron chi connectivity index (χ0n) is 14.6. The van der Waals surface area contributed by atoms with Crippen molar-refractivity contribution >= 4 is 11.9 Å². The molecule has 0 aromatic rings. The van der Waals surface area contributed by atoms with Gasteiger partial charge in [-0.25, -0.2) is 0 Å². The summed E-state index contributed by atoms with van der Waals surface area (Å²) in [6, 6.07) is 0. The number of hydrogen-bond donors (Lipinski definition) is 1. The number of rotatable bonds is 3. The molecule has 3 fully saturated rings. The maximum Gasteiger partial charge on any atom is 0.311 e. The Morgan fingerprint density at radius 2 is 1.78 bits per heavy atom. The van der Waals surface area contributed by atoms with Crippen LogP contribution in [0.4, 0.5) is 0 Å². The fourth-order valence-corrected chi connectivity index (χ4v) is 5.27. The van der Waals surface area contributed by atoms with Crippen LogP contribution in [0.5, 0.6) is 0 Å². The molecule has 4 unspecified atom stereocenters. The summed E-state index contributed by atoms with van der Waals surface area (Å²) in [4.78, 5) is 26.6. The maximum absolute atomic E-state index is 12.9. The Labute approximate surface area is 139 Å². The molecule has 0 aromatic carbocycles. The van der Waals surface area contributed by atoms with Crippen LogP contribution in [0, 0.1) is 29.1 Å². The van der Waals surface area contributed by atoms with E-state index in [1.54, 1.807) is 0 Å². The number of nitrogens with zero attached hydrogens (tertiary/aromatic N) is 1. The molecule has 4 nitrogen and oxygen atoms in total. The molecule has 23 heavy (non-hydrogen) atoms. The van der Waals surface area contributed by atoms with Gasteiger partial charge in [-0.2, -0.15) is 0 Å². The number of hydrogen-bond acceptors (Lipinski definition) is 2. The lowest BCUT2D eigenvalue weighted by Crippen LogP contribution is -2.43. The van der Waals surface area contributed by atoms with Crippen LogP contribution in [0.1, 0.15) is 65.2 Å². The second-order valence-electron chi connectivity index (χ2n) is 8.44. The molecule has 0 bridgehead atoms. The largest absolute Gasteiger partial charge is 0.481 e. The minimum atomic E-state index is -0.738. The van der Waals surface area contributed by atoms with Crippen molar-refractivity contribution in [1.82, 2.24) is 4.90 Å². The summed E-state index contributed by atoms with van der Waals surface area (Å²) in [6.07, 6.45) is 9.18. The first-order valence-corrected chi connectivity index (χ1v) is 9.46. The fourth-order valence-electron chi connectivity index (χ4n) is 5.27. The third-order valence-corrected chi connectivity index (χ3v) is 7.03. The summed E-state index contributed by atoms with van der Waals surface area (Å²) in [6.45, 7) is 4.96. The first kappa shape index (κ1) is 16.8. The van der Waals surface area contributed by atoms with Crippen molar-refractivity contribution < 1.29 is 14.7 Å². The predicted octanol–water partition coefficient (Wildman–Crippen LogP) is 3.55. The summed E-state index contributed by atoms with van der Waals surface area (Å²) in [7, 11) is 0. The van der Waals surface area contributed by atoms with E-state index in [0.29, 0.717) is 19.5 Å². The minimum Gasteiger partial charge on any atom is -0.481 e. The maximum atomic E-state index is 12.9. The number of carboxylic acids is 1. The number of fused-ring (bicyclic) bond motifs is 1. The van der Waals surface area contributed by atoms with E-state index in [9.17, 15) is 14.7 Å². The third kappa shape index (κ3) is 3.01. The molecule has 1 N–H and O–H groups in total. The van der Waals surface area contributed by atoms with Gasteiger partial charge in [-0.05, 0) is 43.4 Å². The van der Waals surface area contributed by atoms with E-state index < -0.39 is 11.4 Å². The first-order valence-electron chi connectivity index (χ1n) is 9.46. The monoisotopic (exact) mass is 321 g/mol. The summed E-state index contributed by atoms with van der Waals surface area (Å²) in [5.74, 6) is 1.29. The normalized spacial score (nSPS) is 37.7. The SMILES string of the molecule is CC(C)C1(C(=O)O)CCN(C(=O)C2CCC3CCCCC3C2)C1. The van der Waals surface area contributed by atoms with Gasteiger partial charge in [0.25, 0.3) is 0 Å². The zero-order valence-corrected chi connectivity index (χ0v) is 14.6. The molecule has 1 saturated heterocycles. The molecule has 0 spiro atoms. The van der Waals surface area contributed by atoms with Crippen LogP contribution in [0.3, 0.4) is 0 Å². The smallest absolute Gasteiger partial charge is 0.311 e. The Kier molecular flexibility index (Phi) is 4.70. The fraction of sp³-hybridized carbons (Fsp3) is 0.895. The molecule has 130 valence electrons. The predicted molar refractivity (Wildman–Crippen MR) is 88.9 cm³/mol. The molecule has 1 aliphatic heterocycles. The van der Waals surface area contributed by atoms with Crippen molar-refractivity contribution in [2.45, 2.75) is 65.2 Å². The van der Waals surface area contributed by atoms with Gasteiger partial charge in [-0.3, -0.25) is 9.59 Å². The highest BCUT2D eigenvalue weighted by Crippen LogP contribution is 2.44. The Bertz CT molecular complexity index is 475. The lowest BCUT2D eigenvalue weighted by atomic mass is 9.67. The van der Waals surface area contributed by atoms with Crippen LogP contribution in [0.25, 0.3) is 0 Å². The van der Waals surface area contributed by atoms with Gasteiger partial charge in [-0.1, -0.05) is 39.5 Å². The molecular formula is C19H31NO3. The summed E-state index contributed by atoms with van der Waals surface area (Å²) < 4.78 is 0. The van der Waals surface area contributed by atoms with Gasteiger partial charge >= 0.3 is 5.97 Å². The van der Waals surface area contributed by atoms with Crippen LogP contribution in [-0.4, -0.2) is 35.0 Å². The molecule has 0 radical (unpaired) electrons. The van der Waals surface area contributed by atoms with Gasteiger partial charge in [0.2, 0.25) is 5.91 Å². The average molecular weight is 321 g/mol. The number of amides is 1. The first-order chi connectivity index (χ1) is 10.9. The van der Waals surface area contributed by atoms with Gasteiger partial charge in [0.1, 0.15) is 0 Å². The second kappa shape index (κ2) is 6.45. The Morgan fingerprint density at radius 1 is 1.09 bits per heavy atom. The summed E-state index contributed by atoms with van der Waals surface area (Å²) in [5, 5.41) is 9.66. The quantitative estimate of drug-likeness (QED) is 0.865. The lowest BCUT2D eigenvalue weighted by molar-refractivity contribution is -0.151. The highest BCUT2D eigenvalue weighted by molar-refractivity contribution is 5.82. The van der Waals surface area contributed by atoms with E-state index in [2.05, 4.69) is 0 Å². The molecule has 4 atom stereocenters. The Balaban J connectivity index is 1.64. The molecule has 1 heterocycles. The van der Waals surface area contributed by atoms with E-state index in [1.807, 2.05) is 18.7 Å². The standard InChI is InChI=1S/C19H31NO3/c1-13(2)19(18(22)23)9-10-20(12-19)17(21)16-8-7-14-5-3-4-6-15(14)11-16/h13-16H,3-12H2,1-2H3,(H,22,23). The van der Waals surface area contributed by atoms with Crippen molar-refractivity contribution in [3.63, 3.8) is 0 Å². The van der Waals surface area contributed by atoms with E-state index in [-0.39, 0.29) is 17.7 Å². The summed E-state index contributed by atoms with van der Waals surface area (Å²) >= 11 is 0. The van der Waals surface area contributed by atoms with Gasteiger partial charge < -0.3 is 10.0 Å². The molecule has 2 saturated carbocycles. The molecule has 3 rings (SSSR count). The van der Waals surface area contributed by atoms with Crippen molar-refractivity contribution in [2.24, 2.45) is 29.1 Å². The topological polar surface area (TPSA) is 57.6 Å².